The van der Waals surface area contributed by atoms with E-state index in [0.29, 0.717) is 11.1 Å². The molecular formula is C13H15NO3. The first kappa shape index (κ1) is 11.8. The number of aryl methyl sites for hydroxylation is 1. The molecule has 4 heteroatoms. The maximum Gasteiger partial charge on any atom is 0.261 e. The zero-order chi connectivity index (χ0) is 12.8. The summed E-state index contributed by atoms with van der Waals surface area (Å²) in [5.74, 6) is -0.650. The molecule has 4 nitrogen and oxygen atoms in total. The number of fused-ring (bicyclic) bond motifs is 1. The van der Waals surface area contributed by atoms with Crippen LogP contribution in [0.3, 0.4) is 0 Å². The Morgan fingerprint density at radius 3 is 2.35 bits per heavy atom. The topological polar surface area (TPSA) is 57.6 Å². The van der Waals surface area contributed by atoms with Gasteiger partial charge in [0, 0.05) is 0 Å². The molecule has 0 saturated heterocycles. The zero-order valence-electron chi connectivity index (χ0n) is 10.2. The molecule has 0 bridgehead atoms. The summed E-state index contributed by atoms with van der Waals surface area (Å²) in [6.45, 7) is 5.03. The molecule has 17 heavy (non-hydrogen) atoms. The van der Waals surface area contributed by atoms with Crippen LogP contribution in [0.4, 0.5) is 0 Å². The third-order valence-electron chi connectivity index (χ3n) is 2.67. The van der Waals surface area contributed by atoms with Crippen LogP contribution in [0.2, 0.25) is 0 Å². The van der Waals surface area contributed by atoms with Gasteiger partial charge in [0.05, 0.1) is 23.3 Å². The van der Waals surface area contributed by atoms with Crippen molar-refractivity contribution in [1.82, 2.24) is 4.90 Å². The van der Waals surface area contributed by atoms with E-state index in [9.17, 15) is 14.7 Å². The standard InChI is InChI=1S/C13H15NO3/c1-8-4-5-9-10(6-8)12(16)14(11(9)15)7-13(2,3)17/h4-6,17H,7H2,1-3H3. The lowest BCUT2D eigenvalue weighted by atomic mass is 10.1. The van der Waals surface area contributed by atoms with Crippen molar-refractivity contribution in [2.45, 2.75) is 26.4 Å². The number of β-amino-alcohol motifs (C(OH)–C–C–N with tert-alkyl or cyclic N) is 1. The molecule has 0 saturated carbocycles. The minimum atomic E-state index is -1.08. The van der Waals surface area contributed by atoms with E-state index in [2.05, 4.69) is 0 Å². The molecule has 0 aliphatic carbocycles. The van der Waals surface area contributed by atoms with Crippen molar-refractivity contribution in [2.24, 2.45) is 0 Å². The number of hydrogen-bond acceptors (Lipinski definition) is 3. The van der Waals surface area contributed by atoms with Gasteiger partial charge >= 0.3 is 0 Å². The van der Waals surface area contributed by atoms with Gasteiger partial charge in [0.25, 0.3) is 11.8 Å². The summed E-state index contributed by atoms with van der Waals surface area (Å²) in [6, 6.07) is 5.17. The van der Waals surface area contributed by atoms with Gasteiger partial charge in [-0.15, -0.1) is 0 Å². The molecule has 2 rings (SSSR count). The summed E-state index contributed by atoms with van der Waals surface area (Å²) >= 11 is 0. The Labute approximate surface area is 99.9 Å². The fourth-order valence-electron chi connectivity index (χ4n) is 1.94. The average Bonchev–Trinajstić information content (AvgIpc) is 2.42. The predicted molar refractivity (Wildman–Crippen MR) is 62.8 cm³/mol. The maximum absolute atomic E-state index is 12.0. The van der Waals surface area contributed by atoms with Gasteiger partial charge in [-0.1, -0.05) is 11.6 Å². The highest BCUT2D eigenvalue weighted by Crippen LogP contribution is 2.25. The van der Waals surface area contributed by atoms with E-state index >= 15 is 0 Å². The molecule has 90 valence electrons. The minimum Gasteiger partial charge on any atom is -0.389 e. The highest BCUT2D eigenvalue weighted by Gasteiger charge is 2.37. The van der Waals surface area contributed by atoms with Gasteiger partial charge < -0.3 is 5.11 Å². The van der Waals surface area contributed by atoms with Crippen molar-refractivity contribution >= 4 is 11.8 Å². The number of hydrogen-bond donors (Lipinski definition) is 1. The number of benzene rings is 1. The first-order valence-corrected chi connectivity index (χ1v) is 5.49. The van der Waals surface area contributed by atoms with Crippen LogP contribution in [-0.4, -0.2) is 34.0 Å². The highest BCUT2D eigenvalue weighted by molar-refractivity contribution is 6.21. The molecule has 1 heterocycles. The molecule has 1 aromatic carbocycles. The fraction of sp³-hybridized carbons (Fsp3) is 0.385. The Kier molecular flexibility index (Phi) is 2.54. The lowest BCUT2D eigenvalue weighted by Crippen LogP contribution is -2.41. The van der Waals surface area contributed by atoms with E-state index < -0.39 is 5.60 Å². The second-order valence-corrected chi connectivity index (χ2v) is 5.06. The zero-order valence-corrected chi connectivity index (χ0v) is 10.2. The summed E-state index contributed by atoms with van der Waals surface area (Å²) < 4.78 is 0. The monoisotopic (exact) mass is 233 g/mol. The summed E-state index contributed by atoms with van der Waals surface area (Å²) in [7, 11) is 0. The summed E-state index contributed by atoms with van der Waals surface area (Å²) in [5.41, 5.74) is 0.710. The van der Waals surface area contributed by atoms with Crippen LogP contribution in [0.1, 0.15) is 40.1 Å². The number of aliphatic hydroxyl groups is 1. The number of carbonyl (C=O) groups is 2. The molecule has 0 unspecified atom stereocenters. The van der Waals surface area contributed by atoms with Gasteiger partial charge in [-0.05, 0) is 32.9 Å². The predicted octanol–water partition coefficient (Wildman–Crippen LogP) is 1.36. The van der Waals surface area contributed by atoms with Gasteiger partial charge in [0.1, 0.15) is 0 Å². The Balaban J connectivity index is 2.39. The van der Waals surface area contributed by atoms with Gasteiger partial charge in [0.15, 0.2) is 0 Å². The van der Waals surface area contributed by atoms with Crippen LogP contribution in [0.15, 0.2) is 18.2 Å². The van der Waals surface area contributed by atoms with Gasteiger partial charge in [-0.3, -0.25) is 14.5 Å². The molecule has 0 aromatic heterocycles. The number of rotatable bonds is 2. The summed E-state index contributed by atoms with van der Waals surface area (Å²) in [5, 5.41) is 9.70. The van der Waals surface area contributed by atoms with E-state index in [0.717, 1.165) is 10.5 Å². The molecule has 0 spiro atoms. The van der Waals surface area contributed by atoms with Crippen molar-refractivity contribution in [1.29, 1.82) is 0 Å². The lowest BCUT2D eigenvalue weighted by Gasteiger charge is -2.23. The second kappa shape index (κ2) is 3.67. The summed E-state index contributed by atoms with van der Waals surface area (Å²) in [6.07, 6.45) is 0. The highest BCUT2D eigenvalue weighted by atomic mass is 16.3. The lowest BCUT2D eigenvalue weighted by molar-refractivity contribution is 0.0297. The third kappa shape index (κ3) is 2.08. The van der Waals surface area contributed by atoms with Crippen molar-refractivity contribution < 1.29 is 14.7 Å². The third-order valence-corrected chi connectivity index (χ3v) is 2.67. The van der Waals surface area contributed by atoms with Crippen LogP contribution in [0, 0.1) is 6.92 Å². The van der Waals surface area contributed by atoms with Crippen LogP contribution in [0.5, 0.6) is 0 Å². The average molecular weight is 233 g/mol. The molecule has 1 aromatic rings. The molecule has 0 atom stereocenters. The molecule has 1 aliphatic rings. The summed E-state index contributed by atoms with van der Waals surface area (Å²) in [4.78, 5) is 25.1. The Morgan fingerprint density at radius 1 is 1.18 bits per heavy atom. The Hall–Kier alpha value is -1.68. The van der Waals surface area contributed by atoms with Gasteiger partial charge in [-0.2, -0.15) is 0 Å². The van der Waals surface area contributed by atoms with Crippen LogP contribution < -0.4 is 0 Å². The first-order chi connectivity index (χ1) is 7.79. The van der Waals surface area contributed by atoms with Gasteiger partial charge in [0.2, 0.25) is 0 Å². The molecular weight excluding hydrogens is 218 g/mol. The molecule has 0 radical (unpaired) electrons. The van der Waals surface area contributed by atoms with E-state index in [4.69, 9.17) is 0 Å². The van der Waals surface area contributed by atoms with E-state index in [-0.39, 0.29) is 18.4 Å². The minimum absolute atomic E-state index is 0.0123. The number of amides is 2. The van der Waals surface area contributed by atoms with Gasteiger partial charge in [-0.25, -0.2) is 0 Å². The maximum atomic E-state index is 12.0. The van der Waals surface area contributed by atoms with Crippen molar-refractivity contribution in [2.75, 3.05) is 6.54 Å². The van der Waals surface area contributed by atoms with E-state index in [1.807, 2.05) is 6.92 Å². The Bertz CT molecular complexity index is 500. The van der Waals surface area contributed by atoms with Crippen molar-refractivity contribution in [3.8, 4) is 0 Å². The SMILES string of the molecule is Cc1ccc2c(c1)C(=O)N(CC(C)(C)O)C2=O. The fourth-order valence-corrected chi connectivity index (χ4v) is 1.94. The van der Waals surface area contributed by atoms with Crippen LogP contribution >= 0.6 is 0 Å². The molecule has 1 aliphatic heterocycles. The number of carbonyl (C=O) groups excluding carboxylic acids is 2. The molecule has 0 fully saturated rings. The van der Waals surface area contributed by atoms with Crippen LogP contribution in [0.25, 0.3) is 0 Å². The molecule has 2 amide bonds. The quantitative estimate of drug-likeness (QED) is 0.785. The largest absolute Gasteiger partial charge is 0.389 e. The van der Waals surface area contributed by atoms with E-state index in [1.165, 1.54) is 0 Å². The normalized spacial score (nSPS) is 15.4. The smallest absolute Gasteiger partial charge is 0.261 e. The molecule has 1 N–H and O–H groups in total. The van der Waals surface area contributed by atoms with Crippen LogP contribution in [-0.2, 0) is 0 Å². The van der Waals surface area contributed by atoms with Crippen molar-refractivity contribution in [3.63, 3.8) is 0 Å². The van der Waals surface area contributed by atoms with Crippen molar-refractivity contribution in [3.05, 3.63) is 34.9 Å². The first-order valence-electron chi connectivity index (χ1n) is 5.49. The Morgan fingerprint density at radius 2 is 1.76 bits per heavy atom. The number of nitrogens with zero attached hydrogens (tertiary/aromatic N) is 1. The second-order valence-electron chi connectivity index (χ2n) is 5.06. The number of imide groups is 1. The van der Waals surface area contributed by atoms with E-state index in [1.54, 1.807) is 32.0 Å².